The minimum Gasteiger partial charge on any atom is -0.436 e. The van der Waals surface area contributed by atoms with Crippen LogP contribution in [0.25, 0.3) is 0 Å². The molecule has 0 rings (SSSR count). The van der Waals surface area contributed by atoms with E-state index in [0.29, 0.717) is 12.8 Å². The fraction of sp³-hybridized carbons (Fsp3) is 0.938. The molecule has 0 spiro atoms. The highest BCUT2D eigenvalue weighted by atomic mass is 16.6. The first-order valence-electron chi connectivity index (χ1n) is 8.08. The van der Waals surface area contributed by atoms with Crippen molar-refractivity contribution in [1.82, 2.24) is 0 Å². The van der Waals surface area contributed by atoms with E-state index in [0.717, 1.165) is 25.7 Å². The van der Waals surface area contributed by atoms with Gasteiger partial charge in [0.05, 0.1) is 0 Å². The van der Waals surface area contributed by atoms with Gasteiger partial charge in [0, 0.05) is 12.8 Å². The topological polar surface area (TPSA) is 46.5 Å². The molecule has 19 heavy (non-hydrogen) atoms. The van der Waals surface area contributed by atoms with Crippen LogP contribution in [0.2, 0.25) is 0 Å². The first kappa shape index (κ1) is 18.4. The van der Waals surface area contributed by atoms with Crippen LogP contribution in [-0.4, -0.2) is 17.4 Å². The fourth-order valence-electron chi connectivity index (χ4n) is 2.06. The highest BCUT2D eigenvalue weighted by Gasteiger charge is 2.10. The number of aliphatic hydroxyl groups is 1. The molecule has 0 saturated carbocycles. The number of rotatable bonds is 13. The molecule has 0 bridgehead atoms. The molecule has 1 atom stereocenters. The van der Waals surface area contributed by atoms with Crippen molar-refractivity contribution in [3.05, 3.63) is 0 Å². The smallest absolute Gasteiger partial charge is 0.308 e. The third kappa shape index (κ3) is 13.7. The van der Waals surface area contributed by atoms with Crippen LogP contribution < -0.4 is 0 Å². The van der Waals surface area contributed by atoms with E-state index in [9.17, 15) is 9.90 Å². The number of carbonyl (C=O) groups is 1. The summed E-state index contributed by atoms with van der Waals surface area (Å²) in [5.41, 5.74) is 0. The van der Waals surface area contributed by atoms with E-state index in [1.165, 1.54) is 38.5 Å². The molecule has 0 amide bonds. The lowest BCUT2D eigenvalue weighted by Crippen LogP contribution is -2.17. The summed E-state index contributed by atoms with van der Waals surface area (Å²) in [6, 6.07) is 0. The predicted octanol–water partition coefficient (Wildman–Crippen LogP) is 4.57. The summed E-state index contributed by atoms with van der Waals surface area (Å²) in [4.78, 5) is 11.4. The Morgan fingerprint density at radius 3 is 2.00 bits per heavy atom. The second-order valence-corrected chi connectivity index (χ2v) is 5.31. The molecular formula is C16H32O3. The lowest BCUT2D eigenvalue weighted by atomic mass is 10.1. The Bertz CT molecular complexity index is 204. The molecule has 0 radical (unpaired) electrons. The number of carbonyl (C=O) groups excluding carboxylic acids is 1. The fourth-order valence-corrected chi connectivity index (χ4v) is 2.06. The lowest BCUT2D eigenvalue weighted by Gasteiger charge is -2.11. The molecule has 3 heteroatoms. The van der Waals surface area contributed by atoms with Gasteiger partial charge in [-0.25, -0.2) is 0 Å². The van der Waals surface area contributed by atoms with Gasteiger partial charge in [-0.2, -0.15) is 0 Å². The zero-order chi connectivity index (χ0) is 14.3. The summed E-state index contributed by atoms with van der Waals surface area (Å²) >= 11 is 0. The molecule has 3 nitrogen and oxygen atoms in total. The van der Waals surface area contributed by atoms with Gasteiger partial charge in [0.15, 0.2) is 0 Å². The van der Waals surface area contributed by atoms with Gasteiger partial charge < -0.3 is 9.84 Å². The molecule has 0 heterocycles. The third-order valence-electron chi connectivity index (χ3n) is 3.31. The first-order chi connectivity index (χ1) is 9.20. The van der Waals surface area contributed by atoms with Crippen molar-refractivity contribution < 1.29 is 14.6 Å². The molecule has 0 aliphatic rings. The third-order valence-corrected chi connectivity index (χ3v) is 3.31. The molecule has 0 aromatic rings. The zero-order valence-corrected chi connectivity index (χ0v) is 12.8. The van der Waals surface area contributed by atoms with Crippen molar-refractivity contribution in [3.8, 4) is 0 Å². The average molecular weight is 272 g/mol. The van der Waals surface area contributed by atoms with Gasteiger partial charge in [0.2, 0.25) is 6.29 Å². The van der Waals surface area contributed by atoms with E-state index in [2.05, 4.69) is 13.8 Å². The SMILES string of the molecule is CCCCCCCC(=O)OC(O)CCCCCCC. The van der Waals surface area contributed by atoms with Gasteiger partial charge in [-0.05, 0) is 12.8 Å². The minimum absolute atomic E-state index is 0.252. The molecule has 114 valence electrons. The van der Waals surface area contributed by atoms with Crippen molar-refractivity contribution in [2.75, 3.05) is 0 Å². The van der Waals surface area contributed by atoms with E-state index < -0.39 is 6.29 Å². The minimum atomic E-state index is -0.898. The van der Waals surface area contributed by atoms with Crippen LogP contribution in [-0.2, 0) is 9.53 Å². The Kier molecular flexibility index (Phi) is 13.4. The lowest BCUT2D eigenvalue weighted by molar-refractivity contribution is -0.168. The summed E-state index contributed by atoms with van der Waals surface area (Å²) in [5.74, 6) is -0.252. The maximum Gasteiger partial charge on any atom is 0.308 e. The van der Waals surface area contributed by atoms with Crippen LogP contribution in [0.5, 0.6) is 0 Å². The average Bonchev–Trinajstić information content (AvgIpc) is 2.38. The molecule has 0 aromatic heterocycles. The number of esters is 1. The highest BCUT2D eigenvalue weighted by Crippen LogP contribution is 2.10. The number of ether oxygens (including phenoxy) is 1. The first-order valence-corrected chi connectivity index (χ1v) is 8.08. The van der Waals surface area contributed by atoms with Crippen molar-refractivity contribution in [1.29, 1.82) is 0 Å². The van der Waals surface area contributed by atoms with Gasteiger partial charge in [-0.15, -0.1) is 0 Å². The molecule has 0 aromatic carbocycles. The molecular weight excluding hydrogens is 240 g/mol. The molecule has 1 N–H and O–H groups in total. The summed E-state index contributed by atoms with van der Waals surface area (Å²) in [5, 5.41) is 9.57. The van der Waals surface area contributed by atoms with Crippen LogP contribution in [0, 0.1) is 0 Å². The molecule has 0 saturated heterocycles. The van der Waals surface area contributed by atoms with Gasteiger partial charge in [-0.3, -0.25) is 4.79 Å². The van der Waals surface area contributed by atoms with Crippen LogP contribution in [0.3, 0.4) is 0 Å². The van der Waals surface area contributed by atoms with Crippen LogP contribution >= 0.6 is 0 Å². The van der Waals surface area contributed by atoms with Gasteiger partial charge >= 0.3 is 5.97 Å². The van der Waals surface area contributed by atoms with Gasteiger partial charge in [-0.1, -0.05) is 65.2 Å². The van der Waals surface area contributed by atoms with Crippen LogP contribution in [0.4, 0.5) is 0 Å². The molecule has 0 aliphatic carbocycles. The van der Waals surface area contributed by atoms with E-state index >= 15 is 0 Å². The molecule has 1 unspecified atom stereocenters. The van der Waals surface area contributed by atoms with E-state index in [1.807, 2.05) is 0 Å². The van der Waals surface area contributed by atoms with Crippen molar-refractivity contribution in [3.63, 3.8) is 0 Å². The Morgan fingerprint density at radius 2 is 1.42 bits per heavy atom. The van der Waals surface area contributed by atoms with Gasteiger partial charge in [0.1, 0.15) is 0 Å². The van der Waals surface area contributed by atoms with E-state index in [1.54, 1.807) is 0 Å². The maximum absolute atomic E-state index is 11.4. The van der Waals surface area contributed by atoms with Crippen LogP contribution in [0.15, 0.2) is 0 Å². The van der Waals surface area contributed by atoms with Gasteiger partial charge in [0.25, 0.3) is 0 Å². The summed E-state index contributed by atoms with van der Waals surface area (Å²) in [6.07, 6.45) is 11.4. The van der Waals surface area contributed by atoms with E-state index in [-0.39, 0.29) is 5.97 Å². The Labute approximate surface area is 118 Å². The largest absolute Gasteiger partial charge is 0.436 e. The Morgan fingerprint density at radius 1 is 0.895 bits per heavy atom. The summed E-state index contributed by atoms with van der Waals surface area (Å²) in [7, 11) is 0. The normalized spacial score (nSPS) is 12.4. The standard InChI is InChI=1S/C16H32O3/c1-3-5-7-9-11-13-15(17)19-16(18)14-12-10-8-6-4-2/h15,17H,3-14H2,1-2H3. The number of unbranched alkanes of at least 4 members (excludes halogenated alkanes) is 8. The number of hydrogen-bond acceptors (Lipinski definition) is 3. The quantitative estimate of drug-likeness (QED) is 0.303. The maximum atomic E-state index is 11.4. The second-order valence-electron chi connectivity index (χ2n) is 5.31. The van der Waals surface area contributed by atoms with Crippen molar-refractivity contribution >= 4 is 5.97 Å². The number of aliphatic hydroxyl groups excluding tert-OH is 1. The summed E-state index contributed by atoms with van der Waals surface area (Å²) in [6.45, 7) is 4.35. The molecule has 0 fully saturated rings. The molecule has 0 aliphatic heterocycles. The van der Waals surface area contributed by atoms with Crippen LogP contribution in [0.1, 0.15) is 90.9 Å². The predicted molar refractivity (Wildman–Crippen MR) is 78.9 cm³/mol. The summed E-state index contributed by atoms with van der Waals surface area (Å²) < 4.78 is 4.98. The van der Waals surface area contributed by atoms with Crippen molar-refractivity contribution in [2.45, 2.75) is 97.2 Å². The second kappa shape index (κ2) is 13.9. The van der Waals surface area contributed by atoms with Crippen molar-refractivity contribution in [2.24, 2.45) is 0 Å². The number of hydrogen-bond donors (Lipinski definition) is 1. The van der Waals surface area contributed by atoms with E-state index in [4.69, 9.17) is 4.74 Å². The highest BCUT2D eigenvalue weighted by molar-refractivity contribution is 5.69. The Balaban J connectivity index is 3.37. The monoisotopic (exact) mass is 272 g/mol. The zero-order valence-electron chi connectivity index (χ0n) is 12.8. The Hall–Kier alpha value is -0.570.